The highest BCUT2D eigenvalue weighted by molar-refractivity contribution is 6.32. The second-order valence-electron chi connectivity index (χ2n) is 9.07. The van der Waals surface area contributed by atoms with E-state index in [2.05, 4.69) is 20.4 Å². The maximum absolute atomic E-state index is 13.7. The number of aryl methyl sites for hydroxylation is 1. The molecule has 0 aliphatic carbocycles. The molecule has 0 amide bonds. The number of nitrogens with zero attached hydrogens (tertiary/aromatic N) is 6. The molecule has 1 saturated heterocycles. The molecule has 2 aromatic carbocycles. The second-order valence-corrected chi connectivity index (χ2v) is 9.48. The Morgan fingerprint density at radius 3 is 2.48 bits per heavy atom. The molecule has 0 spiro atoms. The van der Waals surface area contributed by atoms with Gasteiger partial charge in [-0.15, -0.1) is 5.10 Å². The van der Waals surface area contributed by atoms with Gasteiger partial charge < -0.3 is 14.9 Å². The van der Waals surface area contributed by atoms with Crippen LogP contribution in [-0.4, -0.2) is 58.8 Å². The predicted octanol–water partition coefficient (Wildman–Crippen LogP) is 4.35. The van der Waals surface area contributed by atoms with Crippen LogP contribution in [0.2, 0.25) is 5.02 Å². The Balaban J connectivity index is 1.52. The standard InChI is InChI=1S/C24H19ClF6N6O3/c1-10-32-23(37(34-10)17-6-12(24(29,30)31)2-3-13(17)25)19-7-18(22(39)20(9-38)40-19)36-8-16(33-35-36)11-4-14(26)21(28)15(27)5-11/h2-6,8,18-20,22,38-39H,7,9H2,1H3. The van der Waals surface area contributed by atoms with Crippen LogP contribution >= 0.6 is 11.6 Å². The maximum Gasteiger partial charge on any atom is 0.416 e. The van der Waals surface area contributed by atoms with Crippen molar-refractivity contribution in [1.29, 1.82) is 0 Å². The van der Waals surface area contributed by atoms with E-state index < -0.39 is 60.2 Å². The SMILES string of the molecule is Cc1nc(C2CC(n3cc(-c4cc(F)c(F)c(F)c4)nn3)C(O)C(CO)O2)n(-c2cc(C(F)(F)F)ccc2Cl)n1. The quantitative estimate of drug-likeness (QED) is 0.263. The van der Waals surface area contributed by atoms with Gasteiger partial charge >= 0.3 is 6.18 Å². The molecule has 3 heterocycles. The van der Waals surface area contributed by atoms with Crippen LogP contribution in [0.3, 0.4) is 0 Å². The molecule has 1 aliphatic rings. The van der Waals surface area contributed by atoms with E-state index in [0.717, 1.165) is 35.0 Å². The molecule has 2 N–H and O–H groups in total. The molecule has 4 unspecified atom stereocenters. The first kappa shape index (κ1) is 28.0. The van der Waals surface area contributed by atoms with Gasteiger partial charge in [0, 0.05) is 12.0 Å². The van der Waals surface area contributed by atoms with E-state index in [1.165, 1.54) is 17.8 Å². The summed E-state index contributed by atoms with van der Waals surface area (Å²) in [5.41, 5.74) is -1.25. The summed E-state index contributed by atoms with van der Waals surface area (Å²) in [6.45, 7) is 0.854. The van der Waals surface area contributed by atoms with Crippen LogP contribution in [0, 0.1) is 24.4 Å². The van der Waals surface area contributed by atoms with E-state index in [9.17, 15) is 36.6 Å². The van der Waals surface area contributed by atoms with E-state index in [1.807, 2.05) is 0 Å². The van der Waals surface area contributed by atoms with Crippen molar-refractivity contribution >= 4 is 11.6 Å². The topological polar surface area (TPSA) is 111 Å². The summed E-state index contributed by atoms with van der Waals surface area (Å²) in [6, 6.07) is 3.22. The van der Waals surface area contributed by atoms with Gasteiger partial charge in [-0.1, -0.05) is 16.8 Å². The molecule has 0 radical (unpaired) electrons. The van der Waals surface area contributed by atoms with Gasteiger partial charge in [0.15, 0.2) is 23.3 Å². The fourth-order valence-electron chi connectivity index (χ4n) is 4.48. The van der Waals surface area contributed by atoms with Crippen LogP contribution in [-0.2, 0) is 10.9 Å². The molecule has 1 fully saturated rings. The number of halogens is 7. The number of aliphatic hydroxyl groups excluding tert-OH is 2. The second kappa shape index (κ2) is 10.5. The minimum absolute atomic E-state index is 0.0386. The average Bonchev–Trinajstić information content (AvgIpc) is 3.54. The van der Waals surface area contributed by atoms with Crippen LogP contribution < -0.4 is 0 Å². The molecular weight excluding hydrogens is 570 g/mol. The number of hydrogen-bond donors (Lipinski definition) is 2. The molecular formula is C24H19ClF6N6O3. The van der Waals surface area contributed by atoms with Gasteiger partial charge in [0.05, 0.1) is 35.1 Å². The lowest BCUT2D eigenvalue weighted by Crippen LogP contribution is -2.45. The minimum atomic E-state index is -4.66. The van der Waals surface area contributed by atoms with Crippen molar-refractivity contribution in [2.45, 2.75) is 43.9 Å². The largest absolute Gasteiger partial charge is 0.416 e. The summed E-state index contributed by atoms with van der Waals surface area (Å²) in [6.07, 6.45) is -7.07. The van der Waals surface area contributed by atoms with Crippen molar-refractivity contribution in [2.75, 3.05) is 6.61 Å². The zero-order valence-corrected chi connectivity index (χ0v) is 21.1. The van der Waals surface area contributed by atoms with Crippen molar-refractivity contribution in [3.63, 3.8) is 0 Å². The van der Waals surface area contributed by atoms with E-state index in [-0.39, 0.29) is 40.0 Å². The molecule has 0 saturated carbocycles. The molecule has 212 valence electrons. The van der Waals surface area contributed by atoms with Crippen molar-refractivity contribution in [1.82, 2.24) is 29.8 Å². The van der Waals surface area contributed by atoms with Gasteiger partial charge in [-0.3, -0.25) is 0 Å². The number of alkyl halides is 3. The number of hydrogen-bond acceptors (Lipinski definition) is 7. The first-order chi connectivity index (χ1) is 18.9. The monoisotopic (exact) mass is 588 g/mol. The molecule has 4 aromatic rings. The van der Waals surface area contributed by atoms with Crippen LogP contribution in [0.5, 0.6) is 0 Å². The Morgan fingerprint density at radius 1 is 1.12 bits per heavy atom. The van der Waals surface area contributed by atoms with Gasteiger partial charge in [0.25, 0.3) is 0 Å². The van der Waals surface area contributed by atoms with Gasteiger partial charge in [-0.25, -0.2) is 27.5 Å². The molecule has 4 atom stereocenters. The molecule has 1 aliphatic heterocycles. The predicted molar refractivity (Wildman–Crippen MR) is 126 cm³/mol. The van der Waals surface area contributed by atoms with Crippen molar-refractivity contribution in [2.24, 2.45) is 0 Å². The fourth-order valence-corrected chi connectivity index (χ4v) is 4.68. The molecule has 40 heavy (non-hydrogen) atoms. The number of aromatic nitrogens is 6. The Hall–Kier alpha value is -3.53. The normalized spacial score (nSPS) is 21.6. The van der Waals surface area contributed by atoms with Crippen LogP contribution in [0.25, 0.3) is 16.9 Å². The molecule has 0 bridgehead atoms. The first-order valence-electron chi connectivity index (χ1n) is 11.7. The van der Waals surface area contributed by atoms with Gasteiger partial charge in [0.2, 0.25) is 0 Å². The molecule has 5 rings (SSSR count). The van der Waals surface area contributed by atoms with Crippen molar-refractivity contribution < 1.29 is 41.3 Å². The van der Waals surface area contributed by atoms with E-state index in [4.69, 9.17) is 16.3 Å². The zero-order valence-electron chi connectivity index (χ0n) is 20.3. The number of aliphatic hydroxyl groups is 2. The highest BCUT2D eigenvalue weighted by atomic mass is 35.5. The maximum atomic E-state index is 13.7. The van der Waals surface area contributed by atoms with E-state index >= 15 is 0 Å². The fraction of sp³-hybridized carbons (Fsp3) is 0.333. The molecule has 2 aromatic heterocycles. The first-order valence-corrected chi connectivity index (χ1v) is 12.1. The summed E-state index contributed by atoms with van der Waals surface area (Å²) >= 11 is 6.22. The lowest BCUT2D eigenvalue weighted by molar-refractivity contribution is -0.161. The third kappa shape index (κ3) is 5.16. The summed E-state index contributed by atoms with van der Waals surface area (Å²) in [7, 11) is 0. The molecule has 9 nitrogen and oxygen atoms in total. The Morgan fingerprint density at radius 2 is 1.82 bits per heavy atom. The van der Waals surface area contributed by atoms with E-state index in [0.29, 0.717) is 0 Å². The Labute approximate surface area is 226 Å². The Kier molecular flexibility index (Phi) is 7.33. The summed E-state index contributed by atoms with van der Waals surface area (Å²) in [5.74, 6) is -4.29. The molecule has 16 heteroatoms. The number of rotatable bonds is 5. The van der Waals surface area contributed by atoms with Crippen LogP contribution in [0.4, 0.5) is 26.3 Å². The lowest BCUT2D eigenvalue weighted by Gasteiger charge is -2.38. The van der Waals surface area contributed by atoms with Crippen molar-refractivity contribution in [3.05, 3.63) is 76.2 Å². The van der Waals surface area contributed by atoms with Crippen LogP contribution in [0.15, 0.2) is 36.5 Å². The Bertz CT molecular complexity index is 1540. The summed E-state index contributed by atoms with van der Waals surface area (Å²) in [4.78, 5) is 4.31. The zero-order chi connectivity index (χ0) is 28.9. The highest BCUT2D eigenvalue weighted by Crippen LogP contribution is 2.39. The van der Waals surface area contributed by atoms with Gasteiger partial charge in [-0.05, 0) is 37.3 Å². The summed E-state index contributed by atoms with van der Waals surface area (Å²) in [5, 5.41) is 32.7. The highest BCUT2D eigenvalue weighted by Gasteiger charge is 2.42. The summed E-state index contributed by atoms with van der Waals surface area (Å²) < 4.78 is 89.2. The van der Waals surface area contributed by atoms with Crippen molar-refractivity contribution in [3.8, 4) is 16.9 Å². The minimum Gasteiger partial charge on any atom is -0.394 e. The number of benzene rings is 2. The average molecular weight is 589 g/mol. The third-order valence-corrected chi connectivity index (χ3v) is 6.73. The van der Waals surface area contributed by atoms with Gasteiger partial charge in [-0.2, -0.15) is 18.3 Å². The number of ether oxygens (including phenoxy) is 1. The third-order valence-electron chi connectivity index (χ3n) is 6.41. The van der Waals surface area contributed by atoms with Crippen LogP contribution in [0.1, 0.15) is 35.8 Å². The van der Waals surface area contributed by atoms with Gasteiger partial charge in [0.1, 0.15) is 29.8 Å². The lowest BCUT2D eigenvalue weighted by atomic mass is 9.95. The smallest absolute Gasteiger partial charge is 0.394 e. The van der Waals surface area contributed by atoms with E-state index in [1.54, 1.807) is 0 Å².